The average Bonchev–Trinajstić information content (AvgIpc) is 3.05. The first-order valence-electron chi connectivity index (χ1n) is 10.4. The molecule has 2 aromatic heterocycles. The van der Waals surface area contributed by atoms with Gasteiger partial charge in [0.15, 0.2) is 0 Å². The molecule has 1 aliphatic rings. The van der Waals surface area contributed by atoms with Gasteiger partial charge >= 0.3 is 29.0 Å². The smallest absolute Gasteiger partial charge is 0.341 e. The molecule has 0 spiro atoms. The number of aromatic hydroxyl groups is 2. The number of carboxylic acid groups (broad SMARTS) is 2. The zero-order valence-corrected chi connectivity index (χ0v) is 18.0. The van der Waals surface area contributed by atoms with Gasteiger partial charge in [-0.2, -0.15) is 0 Å². The molecule has 4 N–H and O–H groups in total. The monoisotopic (exact) mass is 490 g/mol. The lowest BCUT2D eigenvalue weighted by Gasteiger charge is -2.14. The van der Waals surface area contributed by atoms with Gasteiger partial charge in [0.05, 0.1) is 11.4 Å². The van der Waals surface area contributed by atoms with Crippen LogP contribution in [0.3, 0.4) is 0 Å². The third kappa shape index (κ3) is 3.88. The molecule has 2 heterocycles. The molecule has 0 aliphatic heterocycles. The highest BCUT2D eigenvalue weighted by atomic mass is 19.1. The number of aliphatic carboxylic acids is 2. The standard InChI is InChI=1S/C21H19FN4O9/c22-13-6-5-10(7-14(13)26-17(31)11-3-1-2-4-12(11)18(26)32)25-20(34)23(8-15(27)28)19(33)24(21(25)35)9-16(29)30/h5-7,31-32H,1-4,8-9H2,(H,27,28)(H,29,30). The van der Waals surface area contributed by atoms with E-state index < -0.39 is 65.4 Å². The van der Waals surface area contributed by atoms with E-state index >= 15 is 0 Å². The second kappa shape index (κ2) is 8.62. The Hall–Kier alpha value is -4.62. The molecule has 0 unspecified atom stereocenters. The number of halogens is 1. The van der Waals surface area contributed by atoms with E-state index in [1.165, 1.54) is 0 Å². The highest BCUT2D eigenvalue weighted by molar-refractivity contribution is 5.67. The normalized spacial score (nSPS) is 12.9. The van der Waals surface area contributed by atoms with Gasteiger partial charge in [-0.3, -0.25) is 9.59 Å². The average molecular weight is 490 g/mol. The highest BCUT2D eigenvalue weighted by Gasteiger charge is 2.27. The van der Waals surface area contributed by atoms with Gasteiger partial charge in [-0.15, -0.1) is 0 Å². The number of benzene rings is 1. The van der Waals surface area contributed by atoms with Gasteiger partial charge in [-0.25, -0.2) is 37.0 Å². The summed E-state index contributed by atoms with van der Waals surface area (Å²) >= 11 is 0. The fraction of sp³-hybridized carbons (Fsp3) is 0.286. The molecule has 35 heavy (non-hydrogen) atoms. The van der Waals surface area contributed by atoms with Gasteiger partial charge in [0, 0.05) is 11.1 Å². The van der Waals surface area contributed by atoms with Crippen LogP contribution in [0.25, 0.3) is 11.4 Å². The van der Waals surface area contributed by atoms with Gasteiger partial charge in [0.2, 0.25) is 11.8 Å². The Morgan fingerprint density at radius 2 is 1.29 bits per heavy atom. The van der Waals surface area contributed by atoms with Crippen LogP contribution in [0.2, 0.25) is 0 Å². The van der Waals surface area contributed by atoms with Crippen molar-refractivity contribution < 1.29 is 34.4 Å². The molecule has 3 aromatic rings. The lowest BCUT2D eigenvalue weighted by atomic mass is 9.95. The van der Waals surface area contributed by atoms with Crippen LogP contribution in [0.5, 0.6) is 11.8 Å². The molecule has 14 heteroatoms. The molecule has 0 amide bonds. The van der Waals surface area contributed by atoms with Gasteiger partial charge in [0.1, 0.15) is 18.9 Å². The quantitative estimate of drug-likeness (QED) is 0.355. The van der Waals surface area contributed by atoms with Crippen LogP contribution >= 0.6 is 0 Å². The van der Waals surface area contributed by atoms with E-state index in [9.17, 15) is 38.6 Å². The van der Waals surface area contributed by atoms with Crippen LogP contribution in [-0.2, 0) is 35.5 Å². The van der Waals surface area contributed by atoms with Crippen LogP contribution in [0, 0.1) is 5.82 Å². The Labute approximate surface area is 193 Å². The summed E-state index contributed by atoms with van der Waals surface area (Å²) in [6.45, 7) is -2.34. The predicted octanol–water partition coefficient (Wildman–Crippen LogP) is -0.450. The Bertz CT molecular complexity index is 1480. The number of hydrogen-bond acceptors (Lipinski definition) is 7. The van der Waals surface area contributed by atoms with Gasteiger partial charge in [0.25, 0.3) is 0 Å². The fourth-order valence-electron chi connectivity index (χ4n) is 4.20. The summed E-state index contributed by atoms with van der Waals surface area (Å²) in [5, 5.41) is 39.4. The second-order valence-electron chi connectivity index (χ2n) is 7.93. The minimum Gasteiger partial charge on any atom is -0.494 e. The Morgan fingerprint density at radius 1 is 0.800 bits per heavy atom. The minimum atomic E-state index is -1.61. The summed E-state index contributed by atoms with van der Waals surface area (Å²) in [4.78, 5) is 60.6. The van der Waals surface area contributed by atoms with Crippen molar-refractivity contribution in [2.75, 3.05) is 0 Å². The second-order valence-corrected chi connectivity index (χ2v) is 7.93. The number of carboxylic acids is 2. The Balaban J connectivity index is 2.01. The van der Waals surface area contributed by atoms with E-state index in [-0.39, 0.29) is 14.8 Å². The molecule has 1 aromatic carbocycles. The SMILES string of the molecule is O=C(O)Cn1c(=O)n(CC(=O)O)c(=O)n(-c2ccc(F)c(-n3c(O)c4c(c3O)CCCC4)c2)c1=O. The van der Waals surface area contributed by atoms with E-state index in [4.69, 9.17) is 10.2 Å². The van der Waals surface area contributed by atoms with Crippen molar-refractivity contribution in [1.29, 1.82) is 0 Å². The molecule has 4 rings (SSSR count). The molecule has 0 radical (unpaired) electrons. The summed E-state index contributed by atoms with van der Waals surface area (Å²) in [6, 6.07) is 2.74. The van der Waals surface area contributed by atoms with E-state index in [0.29, 0.717) is 28.5 Å². The molecular formula is C21H19FN4O9. The number of carbonyl (C=O) groups is 2. The molecule has 0 saturated heterocycles. The van der Waals surface area contributed by atoms with Crippen LogP contribution in [-0.4, -0.2) is 50.6 Å². The van der Waals surface area contributed by atoms with Crippen LogP contribution in [0.4, 0.5) is 4.39 Å². The van der Waals surface area contributed by atoms with Crippen molar-refractivity contribution in [3.8, 4) is 23.1 Å². The summed E-state index contributed by atoms with van der Waals surface area (Å²) in [5.41, 5.74) is -4.16. The summed E-state index contributed by atoms with van der Waals surface area (Å²) < 4.78 is 16.3. The largest absolute Gasteiger partial charge is 0.494 e. The number of rotatable bonds is 6. The number of fused-ring (bicyclic) bond motifs is 1. The van der Waals surface area contributed by atoms with Gasteiger partial charge in [-0.1, -0.05) is 0 Å². The predicted molar refractivity (Wildman–Crippen MR) is 115 cm³/mol. The number of nitrogens with zero attached hydrogens (tertiary/aromatic N) is 4. The van der Waals surface area contributed by atoms with Crippen LogP contribution in [0.1, 0.15) is 24.0 Å². The third-order valence-electron chi connectivity index (χ3n) is 5.75. The number of hydrogen-bond donors (Lipinski definition) is 4. The van der Waals surface area contributed by atoms with Crippen molar-refractivity contribution in [3.63, 3.8) is 0 Å². The van der Waals surface area contributed by atoms with Crippen molar-refractivity contribution >= 4 is 11.9 Å². The van der Waals surface area contributed by atoms with E-state index in [0.717, 1.165) is 35.6 Å². The Morgan fingerprint density at radius 3 is 1.74 bits per heavy atom. The molecule has 0 saturated carbocycles. The molecule has 184 valence electrons. The summed E-state index contributed by atoms with van der Waals surface area (Å²) in [5.74, 6) is -4.99. The van der Waals surface area contributed by atoms with Crippen LogP contribution < -0.4 is 17.1 Å². The van der Waals surface area contributed by atoms with E-state index in [2.05, 4.69) is 0 Å². The lowest BCUT2D eigenvalue weighted by molar-refractivity contribution is -0.138. The topological polar surface area (TPSA) is 186 Å². The maximum Gasteiger partial charge on any atom is 0.341 e. The van der Waals surface area contributed by atoms with E-state index in [1.807, 2.05) is 0 Å². The molecular weight excluding hydrogens is 471 g/mol. The summed E-state index contributed by atoms with van der Waals surface area (Å²) in [7, 11) is 0. The zero-order chi connectivity index (χ0) is 25.6. The van der Waals surface area contributed by atoms with Crippen LogP contribution in [0.15, 0.2) is 32.6 Å². The fourth-order valence-corrected chi connectivity index (χ4v) is 4.20. The highest BCUT2D eigenvalue weighted by Crippen LogP contribution is 2.41. The first-order chi connectivity index (χ1) is 16.5. The lowest BCUT2D eigenvalue weighted by Crippen LogP contribution is -2.55. The molecule has 13 nitrogen and oxygen atoms in total. The Kier molecular flexibility index (Phi) is 5.80. The first-order valence-corrected chi connectivity index (χ1v) is 10.4. The van der Waals surface area contributed by atoms with Crippen molar-refractivity contribution in [2.24, 2.45) is 0 Å². The first kappa shape index (κ1) is 23.5. The molecule has 0 fully saturated rings. The van der Waals surface area contributed by atoms with Crippen molar-refractivity contribution in [2.45, 2.75) is 38.8 Å². The zero-order valence-electron chi connectivity index (χ0n) is 18.0. The molecule has 0 bridgehead atoms. The van der Waals surface area contributed by atoms with E-state index in [1.54, 1.807) is 0 Å². The third-order valence-corrected chi connectivity index (χ3v) is 5.75. The number of aromatic nitrogens is 4. The minimum absolute atomic E-state index is 0.152. The van der Waals surface area contributed by atoms with Crippen molar-refractivity contribution in [3.05, 3.63) is 66.6 Å². The van der Waals surface area contributed by atoms with Crippen molar-refractivity contribution in [1.82, 2.24) is 18.3 Å². The maximum absolute atomic E-state index is 14.8. The summed E-state index contributed by atoms with van der Waals surface area (Å²) in [6.07, 6.45) is 2.39. The molecule has 0 atom stereocenters. The maximum atomic E-state index is 14.8. The molecule has 1 aliphatic carbocycles. The van der Waals surface area contributed by atoms with Gasteiger partial charge in [-0.05, 0) is 43.9 Å². The van der Waals surface area contributed by atoms with Gasteiger partial charge < -0.3 is 20.4 Å².